The van der Waals surface area contributed by atoms with E-state index in [0.29, 0.717) is 6.61 Å². The number of hydrogen-bond donors (Lipinski definition) is 1. The molecule has 21 heavy (non-hydrogen) atoms. The first-order valence-electron chi connectivity index (χ1n) is 7.22. The van der Waals surface area contributed by atoms with E-state index in [9.17, 15) is 4.39 Å². The highest BCUT2D eigenvalue weighted by Gasteiger charge is 2.04. The summed E-state index contributed by atoms with van der Waals surface area (Å²) < 4.78 is 18.3. The Morgan fingerprint density at radius 3 is 2.52 bits per heavy atom. The Kier molecular flexibility index (Phi) is 5.90. The Bertz CT molecular complexity index is 571. The molecule has 0 heterocycles. The second-order valence-electron chi connectivity index (χ2n) is 5.37. The molecule has 0 saturated carbocycles. The van der Waals surface area contributed by atoms with E-state index in [1.54, 1.807) is 19.2 Å². The monoisotopic (exact) mass is 287 g/mol. The first-order chi connectivity index (χ1) is 10.2. The zero-order valence-electron chi connectivity index (χ0n) is 12.6. The maximum atomic E-state index is 13.2. The molecule has 2 rings (SSSR count). The topological polar surface area (TPSA) is 21.3 Å². The van der Waals surface area contributed by atoms with Crippen molar-refractivity contribution in [2.45, 2.75) is 32.5 Å². The highest BCUT2D eigenvalue weighted by Crippen LogP contribution is 2.09. The fourth-order valence-corrected chi connectivity index (χ4v) is 2.38. The largest absolute Gasteiger partial charge is 0.380 e. The van der Waals surface area contributed by atoms with Gasteiger partial charge in [-0.2, -0.15) is 0 Å². The Labute approximate surface area is 126 Å². The molecule has 0 bridgehead atoms. The third-order valence-corrected chi connectivity index (χ3v) is 3.39. The van der Waals surface area contributed by atoms with Crippen molar-refractivity contribution >= 4 is 0 Å². The molecule has 0 amide bonds. The van der Waals surface area contributed by atoms with Gasteiger partial charge in [-0.15, -0.1) is 0 Å². The molecule has 0 radical (unpaired) electrons. The van der Waals surface area contributed by atoms with E-state index in [4.69, 9.17) is 4.74 Å². The summed E-state index contributed by atoms with van der Waals surface area (Å²) in [7, 11) is 1.70. The Morgan fingerprint density at radius 2 is 1.76 bits per heavy atom. The van der Waals surface area contributed by atoms with Gasteiger partial charge in [0.1, 0.15) is 5.82 Å². The van der Waals surface area contributed by atoms with Crippen LogP contribution in [0.25, 0.3) is 0 Å². The highest BCUT2D eigenvalue weighted by atomic mass is 19.1. The van der Waals surface area contributed by atoms with Crippen LogP contribution in [0.2, 0.25) is 0 Å². The van der Waals surface area contributed by atoms with Gasteiger partial charge in [-0.1, -0.05) is 36.4 Å². The summed E-state index contributed by atoms with van der Waals surface area (Å²) in [5.74, 6) is -0.174. The fraction of sp³-hybridized carbons (Fsp3) is 0.333. The molecule has 2 aromatic rings. The molecule has 0 saturated heterocycles. The standard InChI is InChI=1S/C18H22FNO/c1-14(9-15-5-4-8-18(19)11-15)20-12-16-6-3-7-17(10-16)13-21-2/h3-8,10-11,14,20H,9,12-13H2,1-2H3. The average Bonchev–Trinajstić information content (AvgIpc) is 2.46. The number of halogens is 1. The zero-order chi connectivity index (χ0) is 15.1. The van der Waals surface area contributed by atoms with E-state index in [0.717, 1.165) is 18.5 Å². The van der Waals surface area contributed by atoms with Gasteiger partial charge >= 0.3 is 0 Å². The SMILES string of the molecule is COCc1cccc(CNC(C)Cc2cccc(F)c2)c1. The van der Waals surface area contributed by atoms with Gasteiger partial charge in [-0.3, -0.25) is 0 Å². The van der Waals surface area contributed by atoms with Crippen LogP contribution in [-0.4, -0.2) is 13.2 Å². The molecule has 112 valence electrons. The first kappa shape index (κ1) is 15.7. The van der Waals surface area contributed by atoms with Crippen LogP contribution in [-0.2, 0) is 24.3 Å². The maximum absolute atomic E-state index is 13.2. The molecular formula is C18H22FNO. The summed E-state index contributed by atoms with van der Waals surface area (Å²) in [6.45, 7) is 3.55. The van der Waals surface area contributed by atoms with Crippen LogP contribution in [0.5, 0.6) is 0 Å². The molecule has 0 aromatic heterocycles. The van der Waals surface area contributed by atoms with Gasteiger partial charge in [-0.25, -0.2) is 4.39 Å². The lowest BCUT2D eigenvalue weighted by Gasteiger charge is -2.14. The summed E-state index contributed by atoms with van der Waals surface area (Å²) >= 11 is 0. The second kappa shape index (κ2) is 7.91. The summed E-state index contributed by atoms with van der Waals surface area (Å²) in [6.07, 6.45) is 0.815. The summed E-state index contributed by atoms with van der Waals surface area (Å²) in [5.41, 5.74) is 3.42. The number of methoxy groups -OCH3 is 1. The number of benzene rings is 2. The third kappa shape index (κ3) is 5.29. The van der Waals surface area contributed by atoms with Gasteiger partial charge in [0.25, 0.3) is 0 Å². The predicted octanol–water partition coefficient (Wildman–Crippen LogP) is 3.69. The zero-order valence-corrected chi connectivity index (χ0v) is 12.6. The van der Waals surface area contributed by atoms with Gasteiger partial charge in [0.15, 0.2) is 0 Å². The van der Waals surface area contributed by atoms with Gasteiger partial charge in [-0.05, 0) is 42.2 Å². The van der Waals surface area contributed by atoms with Crippen molar-refractivity contribution in [3.63, 3.8) is 0 Å². The molecule has 1 N–H and O–H groups in total. The Balaban J connectivity index is 1.86. The molecule has 2 nitrogen and oxygen atoms in total. The number of rotatable bonds is 7. The molecule has 0 aliphatic rings. The van der Waals surface area contributed by atoms with Crippen LogP contribution in [0.1, 0.15) is 23.6 Å². The van der Waals surface area contributed by atoms with E-state index in [1.807, 2.05) is 12.1 Å². The normalized spacial score (nSPS) is 12.3. The van der Waals surface area contributed by atoms with Crippen LogP contribution < -0.4 is 5.32 Å². The van der Waals surface area contributed by atoms with E-state index < -0.39 is 0 Å². The van der Waals surface area contributed by atoms with Gasteiger partial charge in [0.2, 0.25) is 0 Å². The lowest BCUT2D eigenvalue weighted by Crippen LogP contribution is -2.27. The predicted molar refractivity (Wildman–Crippen MR) is 83.6 cm³/mol. The maximum Gasteiger partial charge on any atom is 0.123 e. The molecular weight excluding hydrogens is 265 g/mol. The molecule has 0 aliphatic carbocycles. The van der Waals surface area contributed by atoms with Crippen LogP contribution in [0.3, 0.4) is 0 Å². The number of hydrogen-bond acceptors (Lipinski definition) is 2. The van der Waals surface area contributed by atoms with Crippen molar-refractivity contribution in [3.05, 3.63) is 71.0 Å². The van der Waals surface area contributed by atoms with Crippen molar-refractivity contribution in [1.29, 1.82) is 0 Å². The molecule has 1 atom stereocenters. The molecule has 2 aromatic carbocycles. The summed E-state index contributed by atoms with van der Waals surface area (Å²) in [4.78, 5) is 0. The third-order valence-electron chi connectivity index (χ3n) is 3.39. The van der Waals surface area contributed by atoms with Crippen LogP contribution in [0, 0.1) is 5.82 Å². The molecule has 0 fully saturated rings. The highest BCUT2D eigenvalue weighted by molar-refractivity contribution is 5.23. The molecule has 3 heteroatoms. The fourth-order valence-electron chi connectivity index (χ4n) is 2.38. The van der Waals surface area contributed by atoms with Crippen LogP contribution >= 0.6 is 0 Å². The Hall–Kier alpha value is -1.71. The lowest BCUT2D eigenvalue weighted by atomic mass is 10.1. The quantitative estimate of drug-likeness (QED) is 0.838. The minimum atomic E-state index is -0.174. The van der Waals surface area contributed by atoms with Crippen molar-refractivity contribution in [1.82, 2.24) is 5.32 Å². The second-order valence-corrected chi connectivity index (χ2v) is 5.37. The lowest BCUT2D eigenvalue weighted by molar-refractivity contribution is 0.185. The Morgan fingerprint density at radius 1 is 1.05 bits per heavy atom. The molecule has 0 aliphatic heterocycles. The number of nitrogens with one attached hydrogen (secondary N) is 1. The van der Waals surface area contributed by atoms with Crippen molar-refractivity contribution < 1.29 is 9.13 Å². The van der Waals surface area contributed by atoms with E-state index >= 15 is 0 Å². The van der Waals surface area contributed by atoms with E-state index in [1.165, 1.54) is 17.2 Å². The van der Waals surface area contributed by atoms with Gasteiger partial charge in [0.05, 0.1) is 6.61 Å². The van der Waals surface area contributed by atoms with E-state index in [-0.39, 0.29) is 11.9 Å². The first-order valence-corrected chi connectivity index (χ1v) is 7.22. The van der Waals surface area contributed by atoms with Gasteiger partial charge < -0.3 is 10.1 Å². The minimum absolute atomic E-state index is 0.174. The van der Waals surface area contributed by atoms with Crippen molar-refractivity contribution in [3.8, 4) is 0 Å². The molecule has 1 unspecified atom stereocenters. The minimum Gasteiger partial charge on any atom is -0.380 e. The smallest absolute Gasteiger partial charge is 0.123 e. The van der Waals surface area contributed by atoms with Crippen LogP contribution in [0.15, 0.2) is 48.5 Å². The van der Waals surface area contributed by atoms with Crippen LogP contribution in [0.4, 0.5) is 4.39 Å². The summed E-state index contributed by atoms with van der Waals surface area (Å²) in [5, 5.41) is 3.47. The average molecular weight is 287 g/mol. The van der Waals surface area contributed by atoms with Gasteiger partial charge in [0, 0.05) is 19.7 Å². The number of ether oxygens (including phenoxy) is 1. The van der Waals surface area contributed by atoms with E-state index in [2.05, 4.69) is 30.4 Å². The van der Waals surface area contributed by atoms with Crippen molar-refractivity contribution in [2.24, 2.45) is 0 Å². The molecule has 0 spiro atoms. The van der Waals surface area contributed by atoms with Crippen molar-refractivity contribution in [2.75, 3.05) is 7.11 Å². The summed E-state index contributed by atoms with van der Waals surface area (Å²) in [6, 6.07) is 15.4.